The van der Waals surface area contributed by atoms with Gasteiger partial charge in [-0.15, -0.1) is 0 Å². The standard InChI is InChI=1S/C17H20FNO/c1-12-7-8-17(18)15(9-12)11-19-13(2)14-5-4-6-16(10-14)20-3/h4-10,13,19H,11H2,1-3H3/t13-/m0/s1. The number of hydrogen-bond donors (Lipinski definition) is 1. The summed E-state index contributed by atoms with van der Waals surface area (Å²) in [7, 11) is 1.65. The largest absolute Gasteiger partial charge is 0.497 e. The van der Waals surface area contributed by atoms with Crippen LogP contribution in [0.15, 0.2) is 42.5 Å². The van der Waals surface area contributed by atoms with E-state index in [1.165, 1.54) is 6.07 Å². The summed E-state index contributed by atoms with van der Waals surface area (Å²) in [6.45, 7) is 4.53. The Morgan fingerprint density at radius 3 is 2.75 bits per heavy atom. The van der Waals surface area contributed by atoms with Crippen LogP contribution in [-0.2, 0) is 6.54 Å². The van der Waals surface area contributed by atoms with Gasteiger partial charge in [-0.1, -0.05) is 29.8 Å². The van der Waals surface area contributed by atoms with Gasteiger partial charge in [0, 0.05) is 18.2 Å². The van der Waals surface area contributed by atoms with Gasteiger partial charge in [0.25, 0.3) is 0 Å². The molecule has 2 rings (SSSR count). The molecule has 0 aromatic heterocycles. The lowest BCUT2D eigenvalue weighted by Crippen LogP contribution is -2.18. The number of nitrogens with one attached hydrogen (secondary N) is 1. The monoisotopic (exact) mass is 273 g/mol. The van der Waals surface area contributed by atoms with Crippen molar-refractivity contribution in [2.24, 2.45) is 0 Å². The Kier molecular flexibility index (Phi) is 4.74. The Balaban J connectivity index is 2.04. The number of ether oxygens (including phenoxy) is 1. The first-order valence-electron chi connectivity index (χ1n) is 6.72. The van der Waals surface area contributed by atoms with Gasteiger partial charge in [0.1, 0.15) is 11.6 Å². The highest BCUT2D eigenvalue weighted by molar-refractivity contribution is 5.30. The van der Waals surface area contributed by atoms with Crippen LogP contribution in [-0.4, -0.2) is 7.11 Å². The summed E-state index contributed by atoms with van der Waals surface area (Å²) in [6.07, 6.45) is 0. The second kappa shape index (κ2) is 6.53. The van der Waals surface area contributed by atoms with Gasteiger partial charge in [-0.3, -0.25) is 0 Å². The van der Waals surface area contributed by atoms with Gasteiger partial charge in [0.2, 0.25) is 0 Å². The lowest BCUT2D eigenvalue weighted by molar-refractivity contribution is 0.413. The average molecular weight is 273 g/mol. The second-order valence-corrected chi connectivity index (χ2v) is 4.97. The summed E-state index contributed by atoms with van der Waals surface area (Å²) >= 11 is 0. The highest BCUT2D eigenvalue weighted by Crippen LogP contribution is 2.19. The molecular weight excluding hydrogens is 253 g/mol. The van der Waals surface area contributed by atoms with E-state index in [4.69, 9.17) is 4.74 Å². The smallest absolute Gasteiger partial charge is 0.127 e. The molecule has 20 heavy (non-hydrogen) atoms. The highest BCUT2D eigenvalue weighted by atomic mass is 19.1. The van der Waals surface area contributed by atoms with Crippen molar-refractivity contribution < 1.29 is 9.13 Å². The quantitative estimate of drug-likeness (QED) is 0.889. The molecule has 0 aliphatic heterocycles. The van der Waals surface area contributed by atoms with Gasteiger partial charge in [0.05, 0.1) is 7.11 Å². The second-order valence-electron chi connectivity index (χ2n) is 4.97. The van der Waals surface area contributed by atoms with Crippen molar-refractivity contribution in [1.82, 2.24) is 5.32 Å². The number of benzene rings is 2. The zero-order valence-electron chi connectivity index (χ0n) is 12.1. The molecule has 0 aliphatic rings. The van der Waals surface area contributed by atoms with E-state index in [0.29, 0.717) is 12.1 Å². The first-order chi connectivity index (χ1) is 9.60. The molecule has 0 amide bonds. The van der Waals surface area contributed by atoms with Crippen LogP contribution >= 0.6 is 0 Å². The van der Waals surface area contributed by atoms with Crippen LogP contribution in [0, 0.1) is 12.7 Å². The molecule has 0 radical (unpaired) electrons. The van der Waals surface area contributed by atoms with Crippen molar-refractivity contribution in [2.75, 3.05) is 7.11 Å². The molecule has 0 heterocycles. The molecule has 106 valence electrons. The Labute approximate surface area is 119 Å². The third-order valence-corrected chi connectivity index (χ3v) is 3.39. The summed E-state index contributed by atoms with van der Waals surface area (Å²) in [5.74, 6) is 0.666. The zero-order chi connectivity index (χ0) is 14.5. The van der Waals surface area contributed by atoms with Crippen LogP contribution in [0.1, 0.15) is 29.7 Å². The number of halogens is 1. The van der Waals surface area contributed by atoms with E-state index < -0.39 is 0 Å². The number of methoxy groups -OCH3 is 1. The maximum absolute atomic E-state index is 13.7. The fraction of sp³-hybridized carbons (Fsp3) is 0.294. The molecule has 0 bridgehead atoms. The van der Waals surface area contributed by atoms with Crippen molar-refractivity contribution in [1.29, 1.82) is 0 Å². The maximum Gasteiger partial charge on any atom is 0.127 e. The third kappa shape index (κ3) is 3.58. The van der Waals surface area contributed by atoms with Crippen LogP contribution in [0.3, 0.4) is 0 Å². The first-order valence-corrected chi connectivity index (χ1v) is 6.72. The molecule has 0 unspecified atom stereocenters. The van der Waals surface area contributed by atoms with E-state index in [1.807, 2.05) is 37.3 Å². The summed E-state index contributed by atoms with van der Waals surface area (Å²) in [5, 5.41) is 3.34. The minimum atomic E-state index is -0.166. The van der Waals surface area contributed by atoms with Gasteiger partial charge in [0.15, 0.2) is 0 Å². The zero-order valence-corrected chi connectivity index (χ0v) is 12.1. The van der Waals surface area contributed by atoms with E-state index in [2.05, 4.69) is 12.2 Å². The predicted molar refractivity (Wildman–Crippen MR) is 79.4 cm³/mol. The van der Waals surface area contributed by atoms with Gasteiger partial charge in [-0.05, 0) is 37.6 Å². The van der Waals surface area contributed by atoms with Crippen LogP contribution in [0.5, 0.6) is 5.75 Å². The molecule has 2 aromatic carbocycles. The molecule has 2 nitrogen and oxygen atoms in total. The molecule has 1 atom stereocenters. The summed E-state index contributed by atoms with van der Waals surface area (Å²) in [6, 6.07) is 13.2. The van der Waals surface area contributed by atoms with Crippen molar-refractivity contribution in [3.63, 3.8) is 0 Å². The van der Waals surface area contributed by atoms with Crippen molar-refractivity contribution in [3.05, 3.63) is 65.0 Å². The topological polar surface area (TPSA) is 21.3 Å². The molecule has 2 aromatic rings. The van der Waals surface area contributed by atoms with Gasteiger partial charge < -0.3 is 10.1 Å². The fourth-order valence-electron chi connectivity index (χ4n) is 2.13. The van der Waals surface area contributed by atoms with Crippen molar-refractivity contribution in [3.8, 4) is 5.75 Å². The molecule has 0 spiro atoms. The number of rotatable bonds is 5. The van der Waals surface area contributed by atoms with Crippen molar-refractivity contribution >= 4 is 0 Å². The Morgan fingerprint density at radius 2 is 2.00 bits per heavy atom. The van der Waals surface area contributed by atoms with E-state index in [-0.39, 0.29) is 11.9 Å². The van der Waals surface area contributed by atoms with E-state index >= 15 is 0 Å². The minimum absolute atomic E-state index is 0.130. The van der Waals surface area contributed by atoms with E-state index in [0.717, 1.165) is 16.9 Å². The Morgan fingerprint density at radius 1 is 1.20 bits per heavy atom. The molecule has 3 heteroatoms. The lowest BCUT2D eigenvalue weighted by Gasteiger charge is -2.15. The van der Waals surface area contributed by atoms with Crippen molar-refractivity contribution in [2.45, 2.75) is 26.4 Å². The Bertz CT molecular complexity index is 583. The average Bonchev–Trinajstić information content (AvgIpc) is 2.48. The van der Waals surface area contributed by atoms with Crippen LogP contribution < -0.4 is 10.1 Å². The van der Waals surface area contributed by atoms with Gasteiger partial charge in [-0.2, -0.15) is 0 Å². The molecule has 0 saturated heterocycles. The maximum atomic E-state index is 13.7. The Hall–Kier alpha value is -1.87. The van der Waals surface area contributed by atoms with E-state index in [9.17, 15) is 4.39 Å². The van der Waals surface area contributed by atoms with Gasteiger partial charge in [-0.25, -0.2) is 4.39 Å². The number of aryl methyl sites for hydroxylation is 1. The van der Waals surface area contributed by atoms with Crippen LogP contribution in [0.25, 0.3) is 0 Å². The van der Waals surface area contributed by atoms with Gasteiger partial charge >= 0.3 is 0 Å². The minimum Gasteiger partial charge on any atom is -0.497 e. The summed E-state index contributed by atoms with van der Waals surface area (Å²) in [5.41, 5.74) is 2.88. The lowest BCUT2D eigenvalue weighted by atomic mass is 10.1. The third-order valence-electron chi connectivity index (χ3n) is 3.39. The molecule has 0 fully saturated rings. The normalized spacial score (nSPS) is 12.2. The first kappa shape index (κ1) is 14.5. The summed E-state index contributed by atoms with van der Waals surface area (Å²) < 4.78 is 18.9. The van der Waals surface area contributed by atoms with Crippen LogP contribution in [0.2, 0.25) is 0 Å². The molecule has 1 N–H and O–H groups in total. The highest BCUT2D eigenvalue weighted by Gasteiger charge is 2.08. The number of hydrogen-bond acceptors (Lipinski definition) is 2. The molecule has 0 aliphatic carbocycles. The fourth-order valence-corrected chi connectivity index (χ4v) is 2.13. The predicted octanol–water partition coefficient (Wildman–Crippen LogP) is 3.99. The van der Waals surface area contributed by atoms with Crippen LogP contribution in [0.4, 0.5) is 4.39 Å². The molecular formula is C17H20FNO. The van der Waals surface area contributed by atoms with E-state index in [1.54, 1.807) is 13.2 Å². The molecule has 0 saturated carbocycles. The summed E-state index contributed by atoms with van der Waals surface area (Å²) in [4.78, 5) is 0. The SMILES string of the molecule is COc1cccc([C@H](C)NCc2cc(C)ccc2F)c1.